The van der Waals surface area contributed by atoms with E-state index in [2.05, 4.69) is 38.2 Å². The molecule has 0 aliphatic rings. The van der Waals surface area contributed by atoms with Crippen LogP contribution < -0.4 is 5.73 Å². The van der Waals surface area contributed by atoms with E-state index < -0.39 is 51.1 Å². The van der Waals surface area contributed by atoms with Crippen LogP contribution in [0.25, 0.3) is 0 Å². The first kappa shape index (κ1) is 65.0. The molecule has 0 aliphatic heterocycles. The molecular weight excluding hydrogens is 866 g/mol. The molecule has 0 rings (SSSR count). The summed E-state index contributed by atoms with van der Waals surface area (Å²) in [4.78, 5) is 46.3. The Hall–Kier alpha value is -2.04. The molecule has 394 valence electrons. The van der Waals surface area contributed by atoms with Gasteiger partial charge in [-0.25, -0.2) is 4.57 Å². The molecule has 0 saturated heterocycles. The number of phosphoric ester groups is 1. The van der Waals surface area contributed by atoms with Crippen LogP contribution in [0.15, 0.2) is 24.3 Å². The van der Waals surface area contributed by atoms with Gasteiger partial charge in [-0.1, -0.05) is 244 Å². The van der Waals surface area contributed by atoms with Crippen LogP contribution in [0, 0.1) is 0 Å². The second kappa shape index (κ2) is 50.4. The molecule has 0 spiro atoms. The van der Waals surface area contributed by atoms with Crippen LogP contribution in [0.5, 0.6) is 0 Å². The van der Waals surface area contributed by atoms with Crippen molar-refractivity contribution >= 4 is 25.7 Å². The molecule has 0 aromatic carbocycles. The molecule has 67 heavy (non-hydrogen) atoms. The summed E-state index contributed by atoms with van der Waals surface area (Å²) in [6, 6.07) is -1.52. The summed E-state index contributed by atoms with van der Waals surface area (Å²) in [6.45, 7) is 2.84. The first-order valence-corrected chi connectivity index (χ1v) is 29.4. The predicted octanol–water partition coefficient (Wildman–Crippen LogP) is 16.1. The van der Waals surface area contributed by atoms with Crippen molar-refractivity contribution in [2.75, 3.05) is 19.8 Å². The topological polar surface area (TPSA) is 172 Å². The van der Waals surface area contributed by atoms with E-state index in [4.69, 9.17) is 29.4 Å². The molecule has 0 heterocycles. The summed E-state index contributed by atoms with van der Waals surface area (Å²) >= 11 is 0. The number of carboxylic acid groups (broad SMARTS) is 1. The number of carboxylic acids is 1. The van der Waals surface area contributed by atoms with Crippen LogP contribution in [0.3, 0.4) is 0 Å². The monoisotopic (exact) mass is 970 g/mol. The van der Waals surface area contributed by atoms with Gasteiger partial charge >= 0.3 is 25.7 Å². The van der Waals surface area contributed by atoms with Gasteiger partial charge in [0.25, 0.3) is 0 Å². The second-order valence-electron chi connectivity index (χ2n) is 19.1. The largest absolute Gasteiger partial charge is 0.480 e. The average Bonchev–Trinajstić information content (AvgIpc) is 3.31. The summed E-state index contributed by atoms with van der Waals surface area (Å²) in [5, 5.41) is 8.93. The minimum atomic E-state index is -4.72. The molecule has 0 bridgehead atoms. The Bertz CT molecular complexity index is 1230. The van der Waals surface area contributed by atoms with Crippen molar-refractivity contribution in [2.24, 2.45) is 5.73 Å². The highest BCUT2D eigenvalue weighted by Gasteiger charge is 2.28. The fraction of sp³-hybridized carbons (Fsp3) is 0.873. The van der Waals surface area contributed by atoms with E-state index in [1.54, 1.807) is 0 Å². The van der Waals surface area contributed by atoms with Gasteiger partial charge in [-0.3, -0.25) is 23.4 Å². The zero-order chi connectivity index (χ0) is 49.2. The van der Waals surface area contributed by atoms with E-state index in [0.29, 0.717) is 12.8 Å². The molecule has 3 atom stereocenters. The van der Waals surface area contributed by atoms with E-state index in [0.717, 1.165) is 51.4 Å². The Morgan fingerprint density at radius 2 is 0.791 bits per heavy atom. The first-order valence-electron chi connectivity index (χ1n) is 27.9. The summed E-state index contributed by atoms with van der Waals surface area (Å²) < 4.78 is 32.9. The minimum Gasteiger partial charge on any atom is -0.480 e. The SMILES string of the molecule is CCCCC/C=C\C/C=C\CCCCCCCCCCCC(=O)OC(COC(=O)CCCCCCCCCCCCCCCCCCCCCCCCCC)COP(=O)(O)OCC(N)C(=O)O. The van der Waals surface area contributed by atoms with Crippen LogP contribution in [0.4, 0.5) is 0 Å². The third kappa shape index (κ3) is 50.2. The molecule has 4 N–H and O–H groups in total. The van der Waals surface area contributed by atoms with Crippen molar-refractivity contribution in [2.45, 2.75) is 289 Å². The van der Waals surface area contributed by atoms with E-state index in [9.17, 15) is 23.8 Å². The second-order valence-corrected chi connectivity index (χ2v) is 20.5. The number of hydrogen-bond donors (Lipinski definition) is 3. The zero-order valence-corrected chi connectivity index (χ0v) is 44.2. The number of nitrogens with two attached hydrogens (primary N) is 1. The van der Waals surface area contributed by atoms with Crippen molar-refractivity contribution in [1.82, 2.24) is 0 Å². The highest BCUT2D eigenvalue weighted by molar-refractivity contribution is 7.47. The molecule has 0 amide bonds. The number of unbranched alkanes of at least 4 members (excludes halogenated alkanes) is 35. The maximum atomic E-state index is 12.7. The molecule has 11 nitrogen and oxygen atoms in total. The summed E-state index contributed by atoms with van der Waals surface area (Å²) in [7, 11) is -4.72. The van der Waals surface area contributed by atoms with Gasteiger partial charge in [0, 0.05) is 12.8 Å². The maximum Gasteiger partial charge on any atom is 0.472 e. The Morgan fingerprint density at radius 1 is 0.463 bits per heavy atom. The smallest absolute Gasteiger partial charge is 0.472 e. The van der Waals surface area contributed by atoms with Crippen LogP contribution >= 0.6 is 7.82 Å². The standard InChI is InChI=1S/C55H104NO10P/c1-3-5-7-9-11-13-15-17-19-21-23-24-25-26-27-29-30-32-34-36-38-40-42-44-46-53(57)63-48-51(49-64-67(61,62)65-50-52(56)55(59)60)66-54(58)47-45-43-41-39-37-35-33-31-28-22-20-18-16-14-12-10-8-6-4-2/h12,14,18,20,51-52H,3-11,13,15-17,19,21-50,56H2,1-2H3,(H,59,60)(H,61,62)/b14-12-,20-18-. The van der Waals surface area contributed by atoms with Gasteiger partial charge in [-0.05, 0) is 44.9 Å². The number of esters is 2. The lowest BCUT2D eigenvalue weighted by molar-refractivity contribution is -0.161. The molecule has 0 aliphatic carbocycles. The highest BCUT2D eigenvalue weighted by atomic mass is 31.2. The van der Waals surface area contributed by atoms with Crippen molar-refractivity contribution < 1.29 is 47.5 Å². The van der Waals surface area contributed by atoms with E-state index in [1.807, 2.05) is 0 Å². The van der Waals surface area contributed by atoms with Crippen LogP contribution in [-0.2, 0) is 37.5 Å². The van der Waals surface area contributed by atoms with Crippen LogP contribution in [0.1, 0.15) is 277 Å². The molecule has 0 aromatic heterocycles. The van der Waals surface area contributed by atoms with Gasteiger partial charge in [0.1, 0.15) is 12.6 Å². The fourth-order valence-corrected chi connectivity index (χ4v) is 8.88. The van der Waals surface area contributed by atoms with Gasteiger partial charge < -0.3 is 25.2 Å². The van der Waals surface area contributed by atoms with Crippen LogP contribution in [0.2, 0.25) is 0 Å². The lowest BCUT2D eigenvalue weighted by Gasteiger charge is -2.20. The zero-order valence-electron chi connectivity index (χ0n) is 43.3. The predicted molar refractivity (Wildman–Crippen MR) is 277 cm³/mol. The number of allylic oxidation sites excluding steroid dienone is 4. The number of carbonyl (C=O) groups excluding carboxylic acids is 2. The van der Waals surface area contributed by atoms with Crippen molar-refractivity contribution in [1.29, 1.82) is 0 Å². The lowest BCUT2D eigenvalue weighted by atomic mass is 10.0. The van der Waals surface area contributed by atoms with E-state index in [-0.39, 0.29) is 19.4 Å². The first-order chi connectivity index (χ1) is 32.6. The summed E-state index contributed by atoms with van der Waals surface area (Å²) in [5.74, 6) is -2.36. The Morgan fingerprint density at radius 3 is 1.19 bits per heavy atom. The molecule has 0 radical (unpaired) electrons. The number of phosphoric acid groups is 1. The molecule has 3 unspecified atom stereocenters. The number of hydrogen-bond acceptors (Lipinski definition) is 9. The third-order valence-electron chi connectivity index (χ3n) is 12.5. The third-order valence-corrected chi connectivity index (χ3v) is 13.4. The van der Waals surface area contributed by atoms with Crippen molar-refractivity contribution in [3.05, 3.63) is 24.3 Å². The van der Waals surface area contributed by atoms with Crippen molar-refractivity contribution in [3.8, 4) is 0 Å². The van der Waals surface area contributed by atoms with Gasteiger partial charge in [-0.15, -0.1) is 0 Å². The highest BCUT2D eigenvalue weighted by Crippen LogP contribution is 2.43. The van der Waals surface area contributed by atoms with Crippen molar-refractivity contribution in [3.63, 3.8) is 0 Å². The summed E-state index contributed by atoms with van der Waals surface area (Å²) in [6.07, 6.45) is 56.7. The van der Waals surface area contributed by atoms with E-state index >= 15 is 0 Å². The number of carbonyl (C=O) groups is 3. The van der Waals surface area contributed by atoms with Gasteiger partial charge in [0.15, 0.2) is 6.10 Å². The summed E-state index contributed by atoms with van der Waals surface area (Å²) in [5.41, 5.74) is 5.36. The maximum absolute atomic E-state index is 12.7. The Labute approximate surface area is 410 Å². The van der Waals surface area contributed by atoms with Gasteiger partial charge in [0.2, 0.25) is 0 Å². The molecule has 0 saturated carbocycles. The Balaban J connectivity index is 4.14. The lowest BCUT2D eigenvalue weighted by Crippen LogP contribution is -2.34. The number of rotatable bonds is 53. The quantitative estimate of drug-likeness (QED) is 0.0229. The molecule has 0 aromatic rings. The van der Waals surface area contributed by atoms with E-state index in [1.165, 1.54) is 186 Å². The van der Waals surface area contributed by atoms with Gasteiger partial charge in [-0.2, -0.15) is 0 Å². The molecule has 0 fully saturated rings. The molecular formula is C55H104NO10P. The van der Waals surface area contributed by atoms with Crippen LogP contribution in [-0.4, -0.2) is 59.9 Å². The fourth-order valence-electron chi connectivity index (χ4n) is 8.10. The average molecular weight is 970 g/mol. The molecule has 12 heteroatoms. The number of ether oxygens (including phenoxy) is 2. The normalized spacial score (nSPS) is 13.6. The Kier molecular flexibility index (Phi) is 48.8. The van der Waals surface area contributed by atoms with Gasteiger partial charge in [0.05, 0.1) is 13.2 Å². The minimum absolute atomic E-state index is 0.160. The number of aliphatic carboxylic acids is 1.